The normalized spacial score (nSPS) is 22.5. The topological polar surface area (TPSA) is 113 Å². The van der Waals surface area contributed by atoms with Gasteiger partial charge in [0.25, 0.3) is 5.91 Å². The summed E-state index contributed by atoms with van der Waals surface area (Å²) in [4.78, 5) is 41.9. The van der Waals surface area contributed by atoms with Gasteiger partial charge in [0.1, 0.15) is 0 Å². The van der Waals surface area contributed by atoms with E-state index in [1.54, 1.807) is 32.9 Å². The van der Waals surface area contributed by atoms with E-state index in [0.717, 1.165) is 17.2 Å². The van der Waals surface area contributed by atoms with Crippen molar-refractivity contribution in [3.05, 3.63) is 46.3 Å². The van der Waals surface area contributed by atoms with Gasteiger partial charge in [-0.25, -0.2) is 17.6 Å². The molecule has 9 nitrogen and oxygen atoms in total. The first-order chi connectivity index (χ1) is 17.7. The number of rotatable bonds is 7. The molecular formula is C26H35ClFN3O6S. The molecule has 2 aliphatic heterocycles. The molecule has 0 aliphatic carbocycles. The van der Waals surface area contributed by atoms with Gasteiger partial charge in [-0.15, -0.1) is 0 Å². The van der Waals surface area contributed by atoms with E-state index in [-0.39, 0.29) is 56.9 Å². The molecule has 2 aliphatic rings. The largest absolute Gasteiger partial charge is 0.447 e. The van der Waals surface area contributed by atoms with Crippen LogP contribution in [0.3, 0.4) is 0 Å². The summed E-state index contributed by atoms with van der Waals surface area (Å²) < 4.78 is 43.4. The van der Waals surface area contributed by atoms with Crippen molar-refractivity contribution in [3.63, 3.8) is 0 Å². The molecule has 1 aromatic carbocycles. The van der Waals surface area contributed by atoms with Crippen molar-refractivity contribution in [2.75, 3.05) is 32.4 Å². The minimum absolute atomic E-state index is 0.0263. The van der Waals surface area contributed by atoms with E-state index in [4.69, 9.17) is 16.3 Å². The highest BCUT2D eigenvalue weighted by atomic mass is 35.5. The number of carbonyl (C=O) groups is 3. The predicted octanol–water partition coefficient (Wildman–Crippen LogP) is 3.29. The standard InChI is InChI=1S/C26H35ClFN3O6S/c1-17(2)37-25(34)31-15-20(19-7-5-6-8-22(19)27)21(16-31)23(32)30-12-10-26(28,11-13-30)24(33)29-18(3)9-14-38(4,35)36/h5-9,14,17-18,20-21H,10-13,15-16H2,1-4H3,(H,29,33)/b14-9-/t18-,20+,21+/m1/s1. The molecule has 0 bridgehead atoms. The monoisotopic (exact) mass is 571 g/mol. The summed E-state index contributed by atoms with van der Waals surface area (Å²) in [6.07, 6.45) is 1.08. The number of amides is 3. The molecule has 1 N–H and O–H groups in total. The van der Waals surface area contributed by atoms with E-state index in [0.29, 0.717) is 5.02 Å². The third-order valence-corrected chi connectivity index (χ3v) is 7.78. The van der Waals surface area contributed by atoms with Crippen molar-refractivity contribution in [2.45, 2.75) is 57.3 Å². The van der Waals surface area contributed by atoms with E-state index in [2.05, 4.69) is 5.32 Å². The second-order valence-electron chi connectivity index (χ2n) is 10.3. The van der Waals surface area contributed by atoms with Gasteiger partial charge in [0, 0.05) is 67.7 Å². The second kappa shape index (κ2) is 12.0. The number of piperidine rings is 1. The molecule has 0 aromatic heterocycles. The Morgan fingerprint density at radius 1 is 1.13 bits per heavy atom. The number of hydrogen-bond acceptors (Lipinski definition) is 6. The molecule has 2 saturated heterocycles. The third kappa shape index (κ3) is 7.47. The van der Waals surface area contributed by atoms with E-state index >= 15 is 4.39 Å². The zero-order valence-electron chi connectivity index (χ0n) is 22.0. The van der Waals surface area contributed by atoms with Crippen molar-refractivity contribution in [2.24, 2.45) is 5.92 Å². The van der Waals surface area contributed by atoms with Gasteiger partial charge in [0.2, 0.25) is 5.91 Å². The molecule has 38 heavy (non-hydrogen) atoms. The summed E-state index contributed by atoms with van der Waals surface area (Å²) in [6, 6.07) is 6.49. The van der Waals surface area contributed by atoms with Crippen molar-refractivity contribution in [1.29, 1.82) is 0 Å². The van der Waals surface area contributed by atoms with Crippen LogP contribution in [0, 0.1) is 5.92 Å². The van der Waals surface area contributed by atoms with Gasteiger partial charge in [-0.2, -0.15) is 0 Å². The number of sulfone groups is 1. The van der Waals surface area contributed by atoms with Gasteiger partial charge in [-0.3, -0.25) is 9.59 Å². The number of hydrogen-bond donors (Lipinski definition) is 1. The zero-order chi connectivity index (χ0) is 28.3. The summed E-state index contributed by atoms with van der Waals surface area (Å²) >= 11 is 6.44. The lowest BCUT2D eigenvalue weighted by molar-refractivity contribution is -0.144. The van der Waals surface area contributed by atoms with Crippen molar-refractivity contribution in [3.8, 4) is 0 Å². The number of halogens is 2. The predicted molar refractivity (Wildman–Crippen MR) is 142 cm³/mol. The zero-order valence-corrected chi connectivity index (χ0v) is 23.6. The van der Waals surface area contributed by atoms with Gasteiger partial charge in [0.05, 0.1) is 12.0 Å². The average molecular weight is 572 g/mol. The molecule has 0 saturated carbocycles. The molecule has 3 rings (SSSR count). The molecule has 3 atom stereocenters. The number of ether oxygens (including phenoxy) is 1. The Kier molecular flexibility index (Phi) is 9.46. The van der Waals surface area contributed by atoms with Crippen LogP contribution in [-0.2, 0) is 24.2 Å². The van der Waals surface area contributed by atoms with Crippen LogP contribution in [0.5, 0.6) is 0 Å². The fraction of sp³-hybridized carbons (Fsp3) is 0.577. The number of carbonyl (C=O) groups excluding carboxylic acids is 3. The lowest BCUT2D eigenvalue weighted by Crippen LogP contribution is -2.54. The summed E-state index contributed by atoms with van der Waals surface area (Å²) in [7, 11) is -3.37. The summed E-state index contributed by atoms with van der Waals surface area (Å²) in [6.45, 7) is 5.50. The van der Waals surface area contributed by atoms with Crippen molar-refractivity contribution >= 4 is 39.3 Å². The lowest BCUT2D eigenvalue weighted by atomic mass is 9.86. The number of nitrogens with one attached hydrogen (secondary N) is 1. The highest BCUT2D eigenvalue weighted by Crippen LogP contribution is 2.39. The maximum atomic E-state index is 15.5. The first-order valence-electron chi connectivity index (χ1n) is 12.6. The maximum absolute atomic E-state index is 15.5. The van der Waals surface area contributed by atoms with Gasteiger partial charge < -0.3 is 19.9 Å². The molecule has 0 unspecified atom stereocenters. The van der Waals surface area contributed by atoms with Crippen molar-refractivity contribution in [1.82, 2.24) is 15.1 Å². The van der Waals surface area contributed by atoms with Gasteiger partial charge in [-0.05, 0) is 32.4 Å². The number of nitrogens with zero attached hydrogens (tertiary/aromatic N) is 2. The quantitative estimate of drug-likeness (QED) is 0.537. The van der Waals surface area contributed by atoms with E-state index in [1.807, 2.05) is 12.1 Å². The van der Waals surface area contributed by atoms with E-state index in [9.17, 15) is 22.8 Å². The molecule has 2 fully saturated rings. The maximum Gasteiger partial charge on any atom is 0.410 e. The van der Waals surface area contributed by atoms with Crippen LogP contribution in [0.2, 0.25) is 5.02 Å². The lowest BCUT2D eigenvalue weighted by Gasteiger charge is -2.37. The highest BCUT2D eigenvalue weighted by molar-refractivity contribution is 7.93. The highest BCUT2D eigenvalue weighted by Gasteiger charge is 2.47. The molecule has 1 aromatic rings. The Morgan fingerprint density at radius 3 is 2.34 bits per heavy atom. The van der Waals surface area contributed by atoms with Crippen LogP contribution in [0.15, 0.2) is 35.7 Å². The van der Waals surface area contributed by atoms with Crippen molar-refractivity contribution < 1.29 is 31.9 Å². The van der Waals surface area contributed by atoms with Crippen LogP contribution >= 0.6 is 11.6 Å². The SMILES string of the molecule is CC(C)OC(=O)N1C[C@H](C(=O)N2CCC(F)(C(=O)N[C@H](C)/C=C\S(C)(=O)=O)CC2)[C@H](c2ccccc2Cl)C1. The molecular weight excluding hydrogens is 537 g/mol. The first-order valence-corrected chi connectivity index (χ1v) is 14.9. The minimum atomic E-state index is -3.37. The Labute approximate surface area is 228 Å². The smallest absolute Gasteiger partial charge is 0.410 e. The fourth-order valence-corrected chi connectivity index (χ4v) is 5.56. The molecule has 0 radical (unpaired) electrons. The van der Waals surface area contributed by atoms with Gasteiger partial charge >= 0.3 is 6.09 Å². The Balaban J connectivity index is 1.70. The second-order valence-corrected chi connectivity index (χ2v) is 12.6. The van der Waals surface area contributed by atoms with Crippen LogP contribution in [0.1, 0.15) is 45.1 Å². The molecule has 3 amide bonds. The summed E-state index contributed by atoms with van der Waals surface area (Å²) in [5.74, 6) is -2.04. The van der Waals surface area contributed by atoms with Crippen LogP contribution in [-0.4, -0.2) is 86.4 Å². The van der Waals surface area contributed by atoms with Gasteiger partial charge in [0.15, 0.2) is 15.5 Å². The number of benzene rings is 1. The molecule has 210 valence electrons. The molecule has 0 spiro atoms. The van der Waals surface area contributed by atoms with Crippen LogP contribution in [0.4, 0.5) is 9.18 Å². The first kappa shape index (κ1) is 29.9. The number of likely N-dealkylation sites (tertiary alicyclic amines) is 2. The number of alkyl halides is 1. The third-order valence-electron chi connectivity index (χ3n) is 6.78. The Hall–Kier alpha value is -2.66. The molecule has 2 heterocycles. The fourth-order valence-electron chi connectivity index (χ4n) is 4.76. The van der Waals surface area contributed by atoms with E-state index in [1.165, 1.54) is 15.9 Å². The van der Waals surface area contributed by atoms with Gasteiger partial charge in [-0.1, -0.05) is 35.9 Å². The van der Waals surface area contributed by atoms with Crippen LogP contribution < -0.4 is 5.32 Å². The van der Waals surface area contributed by atoms with Crippen LogP contribution in [0.25, 0.3) is 0 Å². The summed E-state index contributed by atoms with van der Waals surface area (Å²) in [5.41, 5.74) is -1.44. The Bertz CT molecular complexity index is 1180. The van der Waals surface area contributed by atoms with E-state index < -0.39 is 39.5 Å². The Morgan fingerprint density at radius 2 is 1.76 bits per heavy atom. The molecule has 12 heteroatoms. The minimum Gasteiger partial charge on any atom is -0.447 e. The summed E-state index contributed by atoms with van der Waals surface area (Å²) in [5, 5.41) is 3.94. The average Bonchev–Trinajstić information content (AvgIpc) is 3.28.